The molecule has 26 heavy (non-hydrogen) atoms. The first-order valence-electron chi connectivity index (χ1n) is 8.76. The topological polar surface area (TPSA) is 33.1 Å². The zero-order chi connectivity index (χ0) is 18.3. The van der Waals surface area contributed by atoms with Crippen molar-refractivity contribution in [2.24, 2.45) is 7.05 Å². The Kier molecular flexibility index (Phi) is 4.24. The van der Waals surface area contributed by atoms with Gasteiger partial charge in [-0.25, -0.2) is 0 Å². The van der Waals surface area contributed by atoms with E-state index in [0.29, 0.717) is 0 Å². The molecule has 2 aromatic heterocycles. The Labute approximate surface area is 159 Å². The predicted molar refractivity (Wildman–Crippen MR) is 109 cm³/mol. The molecule has 0 aliphatic carbocycles. The fourth-order valence-electron chi connectivity index (χ4n) is 3.72. The molecule has 4 nitrogen and oxygen atoms in total. The van der Waals surface area contributed by atoms with Crippen LogP contribution < -0.4 is 10.2 Å². The van der Waals surface area contributed by atoms with E-state index in [0.717, 1.165) is 16.5 Å². The highest BCUT2D eigenvalue weighted by molar-refractivity contribution is 7.80. The van der Waals surface area contributed by atoms with Crippen LogP contribution >= 0.6 is 12.2 Å². The van der Waals surface area contributed by atoms with E-state index >= 15 is 0 Å². The van der Waals surface area contributed by atoms with Crippen molar-refractivity contribution >= 4 is 23.0 Å². The molecule has 132 valence electrons. The van der Waals surface area contributed by atoms with Gasteiger partial charge in [0.1, 0.15) is 0 Å². The second-order valence-electron chi connectivity index (χ2n) is 6.72. The van der Waals surface area contributed by atoms with E-state index in [2.05, 4.69) is 64.9 Å². The van der Waals surface area contributed by atoms with Gasteiger partial charge >= 0.3 is 0 Å². The molecule has 3 aromatic rings. The van der Waals surface area contributed by atoms with Crippen molar-refractivity contribution < 1.29 is 0 Å². The van der Waals surface area contributed by atoms with Crippen LogP contribution in [0.15, 0.2) is 60.8 Å². The molecule has 1 fully saturated rings. The van der Waals surface area contributed by atoms with Gasteiger partial charge < -0.3 is 14.8 Å². The number of pyridine rings is 1. The Morgan fingerprint density at radius 2 is 1.77 bits per heavy atom. The van der Waals surface area contributed by atoms with Crippen LogP contribution in [-0.2, 0) is 7.05 Å². The minimum absolute atomic E-state index is 0.00408. The van der Waals surface area contributed by atoms with Crippen LogP contribution in [0.5, 0.6) is 0 Å². The van der Waals surface area contributed by atoms with Crippen LogP contribution in [0.1, 0.15) is 34.7 Å². The fourth-order valence-corrected chi connectivity index (χ4v) is 4.07. The second kappa shape index (κ2) is 6.57. The van der Waals surface area contributed by atoms with Gasteiger partial charge in [0.05, 0.1) is 17.8 Å². The monoisotopic (exact) mass is 362 g/mol. The molecule has 0 saturated carbocycles. The molecule has 0 amide bonds. The number of hydrogen-bond donors (Lipinski definition) is 1. The fraction of sp³-hybridized carbons (Fsp3) is 0.238. The number of benzene rings is 1. The predicted octanol–water partition coefficient (Wildman–Crippen LogP) is 4.21. The first-order chi connectivity index (χ1) is 12.6. The molecule has 1 aromatic carbocycles. The molecular weight excluding hydrogens is 340 g/mol. The molecule has 1 saturated heterocycles. The lowest BCUT2D eigenvalue weighted by molar-refractivity contribution is 0.564. The average Bonchev–Trinajstić information content (AvgIpc) is 3.14. The molecule has 1 aliphatic rings. The molecule has 5 heteroatoms. The standard InChI is InChI=1S/C21H22N4S/c1-14-13-17(15(2)24(14)3)20-19(18-11-7-8-12-22-18)23-21(26)25(20)16-9-5-4-6-10-16/h4-13,19-20H,1-3H3,(H,23,26)/t19-,20+/m1/s1. The minimum Gasteiger partial charge on any atom is -0.352 e. The second-order valence-corrected chi connectivity index (χ2v) is 7.10. The van der Waals surface area contributed by atoms with Gasteiger partial charge in [-0.1, -0.05) is 24.3 Å². The number of aryl methyl sites for hydroxylation is 1. The number of anilines is 1. The number of hydrogen-bond acceptors (Lipinski definition) is 2. The third-order valence-corrected chi connectivity index (χ3v) is 5.58. The van der Waals surface area contributed by atoms with Gasteiger partial charge in [-0.2, -0.15) is 0 Å². The normalized spacial score (nSPS) is 19.7. The summed E-state index contributed by atoms with van der Waals surface area (Å²) >= 11 is 5.74. The Morgan fingerprint density at radius 1 is 1.04 bits per heavy atom. The number of thiocarbonyl (C=S) groups is 1. The van der Waals surface area contributed by atoms with Crippen LogP contribution in [0.3, 0.4) is 0 Å². The number of para-hydroxylation sites is 1. The Balaban J connectivity index is 1.88. The van der Waals surface area contributed by atoms with Gasteiger partial charge in [0.15, 0.2) is 5.11 Å². The van der Waals surface area contributed by atoms with Gasteiger partial charge in [0.25, 0.3) is 0 Å². The summed E-state index contributed by atoms with van der Waals surface area (Å²) in [7, 11) is 2.11. The summed E-state index contributed by atoms with van der Waals surface area (Å²) in [6.45, 7) is 4.31. The lowest BCUT2D eigenvalue weighted by Gasteiger charge is -2.28. The van der Waals surface area contributed by atoms with Crippen molar-refractivity contribution in [2.45, 2.75) is 25.9 Å². The first kappa shape index (κ1) is 16.8. The highest BCUT2D eigenvalue weighted by Gasteiger charge is 2.41. The first-order valence-corrected chi connectivity index (χ1v) is 9.17. The summed E-state index contributed by atoms with van der Waals surface area (Å²) in [4.78, 5) is 6.82. The van der Waals surface area contributed by atoms with E-state index in [-0.39, 0.29) is 12.1 Å². The number of rotatable bonds is 3. The summed E-state index contributed by atoms with van der Waals surface area (Å²) < 4.78 is 2.23. The molecule has 0 radical (unpaired) electrons. The Hall–Kier alpha value is -2.66. The Morgan fingerprint density at radius 3 is 2.38 bits per heavy atom. The largest absolute Gasteiger partial charge is 0.352 e. The highest BCUT2D eigenvalue weighted by Crippen LogP contribution is 2.42. The van der Waals surface area contributed by atoms with E-state index in [1.807, 2.05) is 36.5 Å². The van der Waals surface area contributed by atoms with Crippen molar-refractivity contribution in [3.8, 4) is 0 Å². The lowest BCUT2D eigenvalue weighted by atomic mass is 9.96. The van der Waals surface area contributed by atoms with E-state index < -0.39 is 0 Å². The van der Waals surface area contributed by atoms with Crippen LogP contribution in [0.4, 0.5) is 5.69 Å². The van der Waals surface area contributed by atoms with Gasteiger partial charge in [0, 0.05) is 30.3 Å². The van der Waals surface area contributed by atoms with Gasteiger partial charge in [-0.05, 0) is 62.0 Å². The maximum absolute atomic E-state index is 5.74. The van der Waals surface area contributed by atoms with Crippen molar-refractivity contribution in [2.75, 3.05) is 4.90 Å². The zero-order valence-corrected chi connectivity index (χ0v) is 16.0. The maximum Gasteiger partial charge on any atom is 0.174 e. The molecule has 0 bridgehead atoms. The minimum atomic E-state index is 0.00408. The van der Waals surface area contributed by atoms with Crippen LogP contribution in [0, 0.1) is 13.8 Å². The van der Waals surface area contributed by atoms with E-state index in [4.69, 9.17) is 12.2 Å². The number of nitrogens with zero attached hydrogens (tertiary/aromatic N) is 3. The molecule has 0 unspecified atom stereocenters. The van der Waals surface area contributed by atoms with E-state index in [1.165, 1.54) is 17.0 Å². The molecular formula is C21H22N4S. The average molecular weight is 363 g/mol. The van der Waals surface area contributed by atoms with Crippen molar-refractivity contribution in [1.29, 1.82) is 0 Å². The summed E-state index contributed by atoms with van der Waals surface area (Å²) in [5.74, 6) is 0. The molecule has 1 N–H and O–H groups in total. The molecule has 2 atom stereocenters. The molecule has 1 aliphatic heterocycles. The molecule has 4 rings (SSSR count). The van der Waals surface area contributed by atoms with Crippen LogP contribution in [0.2, 0.25) is 0 Å². The van der Waals surface area contributed by atoms with Crippen molar-refractivity contribution in [1.82, 2.24) is 14.9 Å². The van der Waals surface area contributed by atoms with Crippen LogP contribution in [-0.4, -0.2) is 14.7 Å². The zero-order valence-electron chi connectivity index (χ0n) is 15.2. The number of aromatic nitrogens is 2. The van der Waals surface area contributed by atoms with E-state index in [9.17, 15) is 0 Å². The number of nitrogens with one attached hydrogen (secondary N) is 1. The SMILES string of the molecule is Cc1cc([C@H]2[C@@H](c3ccccn3)NC(=S)N2c2ccccc2)c(C)n1C. The van der Waals surface area contributed by atoms with Crippen molar-refractivity contribution in [3.63, 3.8) is 0 Å². The highest BCUT2D eigenvalue weighted by atomic mass is 32.1. The summed E-state index contributed by atoms with van der Waals surface area (Å²) in [6, 6.07) is 18.7. The molecule has 0 spiro atoms. The Bertz CT molecular complexity index is 933. The third kappa shape index (κ3) is 2.69. The van der Waals surface area contributed by atoms with Gasteiger partial charge in [0.2, 0.25) is 0 Å². The summed E-state index contributed by atoms with van der Waals surface area (Å²) in [6.07, 6.45) is 1.84. The van der Waals surface area contributed by atoms with Gasteiger partial charge in [-0.15, -0.1) is 0 Å². The summed E-state index contributed by atoms with van der Waals surface area (Å²) in [5.41, 5.74) is 5.86. The quantitative estimate of drug-likeness (QED) is 0.708. The summed E-state index contributed by atoms with van der Waals surface area (Å²) in [5, 5.41) is 4.24. The smallest absolute Gasteiger partial charge is 0.174 e. The van der Waals surface area contributed by atoms with Gasteiger partial charge in [-0.3, -0.25) is 4.98 Å². The van der Waals surface area contributed by atoms with Crippen molar-refractivity contribution in [3.05, 3.63) is 83.4 Å². The van der Waals surface area contributed by atoms with E-state index in [1.54, 1.807) is 0 Å². The maximum atomic E-state index is 5.74. The molecule has 3 heterocycles. The lowest BCUT2D eigenvalue weighted by Crippen LogP contribution is -2.29. The van der Waals surface area contributed by atoms with Crippen LogP contribution in [0.25, 0.3) is 0 Å². The third-order valence-electron chi connectivity index (χ3n) is 5.27.